The first-order chi connectivity index (χ1) is 11.2. The molecule has 0 saturated heterocycles. The van der Waals surface area contributed by atoms with Gasteiger partial charge >= 0.3 is 0 Å². The van der Waals surface area contributed by atoms with Gasteiger partial charge in [-0.25, -0.2) is 0 Å². The summed E-state index contributed by atoms with van der Waals surface area (Å²) in [6, 6.07) is 10.4. The van der Waals surface area contributed by atoms with E-state index in [9.17, 15) is 9.59 Å². The average molecular weight is 310 g/mol. The summed E-state index contributed by atoms with van der Waals surface area (Å²) >= 11 is 0. The molecule has 0 heterocycles. The highest BCUT2D eigenvalue weighted by atomic mass is 16.5. The first-order valence-electron chi connectivity index (χ1n) is 8.59. The van der Waals surface area contributed by atoms with Crippen LogP contribution >= 0.6 is 0 Å². The van der Waals surface area contributed by atoms with Crippen LogP contribution in [0.4, 0.5) is 0 Å². The van der Waals surface area contributed by atoms with Crippen LogP contribution in [0.2, 0.25) is 0 Å². The second-order valence-electron chi connectivity index (χ2n) is 7.10. The molecule has 3 nitrogen and oxygen atoms in total. The monoisotopic (exact) mass is 310 g/mol. The fourth-order valence-electron chi connectivity index (χ4n) is 5.38. The Morgan fingerprint density at radius 2 is 1.87 bits per heavy atom. The molecular formula is C20H22O3. The van der Waals surface area contributed by atoms with Gasteiger partial charge in [0.05, 0.1) is 7.11 Å². The summed E-state index contributed by atoms with van der Waals surface area (Å²) in [5.74, 6) is 0.280. The molecule has 3 heteroatoms. The second kappa shape index (κ2) is 5.33. The Hall–Kier alpha value is -1.90. The number of ketones is 2. The standard InChI is InChI=1S/C20H22O3/c1-23-16-12-15(21)17-14-10-6-3-7-11-20(14,18(17)19(16)22)13-8-4-2-5-9-13/h2,4-5,8-9,12,14,17-18H,3,6-7,10-11H2,1H3. The van der Waals surface area contributed by atoms with Crippen LogP contribution < -0.4 is 0 Å². The minimum atomic E-state index is -0.236. The van der Waals surface area contributed by atoms with Crippen LogP contribution in [0.1, 0.15) is 37.7 Å². The van der Waals surface area contributed by atoms with Gasteiger partial charge in [-0.1, -0.05) is 49.6 Å². The molecule has 0 amide bonds. The lowest BCUT2D eigenvalue weighted by Crippen LogP contribution is -2.66. The molecule has 4 unspecified atom stereocenters. The second-order valence-corrected chi connectivity index (χ2v) is 7.10. The quantitative estimate of drug-likeness (QED) is 0.840. The van der Waals surface area contributed by atoms with Gasteiger partial charge in [-0.15, -0.1) is 0 Å². The van der Waals surface area contributed by atoms with Crippen molar-refractivity contribution in [2.45, 2.75) is 37.5 Å². The highest BCUT2D eigenvalue weighted by Gasteiger charge is 2.68. The Labute approximate surface area is 136 Å². The van der Waals surface area contributed by atoms with E-state index in [2.05, 4.69) is 12.1 Å². The normalized spacial score (nSPS) is 36.2. The minimum absolute atomic E-state index is 0.0269. The zero-order valence-corrected chi connectivity index (χ0v) is 13.5. The SMILES string of the molecule is COC1=CC(=O)C2C3CCCCCC3(c3ccccc3)C2C1=O. The molecule has 2 fully saturated rings. The summed E-state index contributed by atoms with van der Waals surface area (Å²) < 4.78 is 5.21. The van der Waals surface area contributed by atoms with Crippen LogP contribution in [0.5, 0.6) is 0 Å². The fraction of sp³-hybridized carbons (Fsp3) is 0.500. The summed E-state index contributed by atoms with van der Waals surface area (Å²) in [6.45, 7) is 0. The molecule has 120 valence electrons. The molecule has 0 bridgehead atoms. The van der Waals surface area contributed by atoms with E-state index in [-0.39, 0.29) is 34.6 Å². The number of carbonyl (C=O) groups is 2. The minimum Gasteiger partial charge on any atom is -0.493 e. The molecule has 0 N–H and O–H groups in total. The lowest BCUT2D eigenvalue weighted by molar-refractivity contribution is -0.156. The smallest absolute Gasteiger partial charge is 0.202 e. The number of hydrogen-bond acceptors (Lipinski definition) is 3. The lowest BCUT2D eigenvalue weighted by atomic mass is 9.40. The Morgan fingerprint density at radius 3 is 2.61 bits per heavy atom. The third-order valence-corrected chi connectivity index (χ3v) is 6.27. The predicted molar refractivity (Wildman–Crippen MR) is 86.8 cm³/mol. The van der Waals surface area contributed by atoms with Crippen molar-refractivity contribution in [3.63, 3.8) is 0 Å². The van der Waals surface area contributed by atoms with Gasteiger partial charge in [-0.3, -0.25) is 9.59 Å². The summed E-state index contributed by atoms with van der Waals surface area (Å²) in [5, 5.41) is 0. The van der Waals surface area contributed by atoms with Crippen LogP contribution in [0, 0.1) is 17.8 Å². The van der Waals surface area contributed by atoms with Crippen molar-refractivity contribution >= 4 is 11.6 Å². The van der Waals surface area contributed by atoms with E-state index >= 15 is 0 Å². The summed E-state index contributed by atoms with van der Waals surface area (Å²) in [5.41, 5.74) is 1.05. The van der Waals surface area contributed by atoms with Gasteiger partial charge in [-0.2, -0.15) is 0 Å². The number of allylic oxidation sites excluding steroid dienone is 2. The van der Waals surface area contributed by atoms with E-state index < -0.39 is 0 Å². The topological polar surface area (TPSA) is 43.4 Å². The summed E-state index contributed by atoms with van der Waals surface area (Å²) in [4.78, 5) is 25.6. The van der Waals surface area contributed by atoms with Crippen molar-refractivity contribution in [2.75, 3.05) is 7.11 Å². The molecule has 3 aliphatic carbocycles. The maximum absolute atomic E-state index is 13.0. The molecule has 4 atom stereocenters. The van der Waals surface area contributed by atoms with E-state index in [1.54, 1.807) is 0 Å². The molecular weight excluding hydrogens is 288 g/mol. The third-order valence-electron chi connectivity index (χ3n) is 6.27. The molecule has 0 aliphatic heterocycles. The first kappa shape index (κ1) is 14.7. The maximum atomic E-state index is 13.0. The van der Waals surface area contributed by atoms with Gasteiger partial charge in [0.25, 0.3) is 0 Å². The van der Waals surface area contributed by atoms with Gasteiger partial charge in [0.15, 0.2) is 11.5 Å². The Morgan fingerprint density at radius 1 is 1.09 bits per heavy atom. The van der Waals surface area contributed by atoms with Crippen LogP contribution in [-0.2, 0) is 19.7 Å². The fourth-order valence-corrected chi connectivity index (χ4v) is 5.38. The van der Waals surface area contributed by atoms with Crippen molar-refractivity contribution < 1.29 is 14.3 Å². The van der Waals surface area contributed by atoms with Crippen LogP contribution in [0.25, 0.3) is 0 Å². The molecule has 1 aromatic rings. The van der Waals surface area contributed by atoms with Crippen molar-refractivity contribution in [1.29, 1.82) is 0 Å². The first-order valence-corrected chi connectivity index (χ1v) is 8.59. The van der Waals surface area contributed by atoms with Crippen molar-refractivity contribution in [3.05, 3.63) is 47.7 Å². The molecule has 2 saturated carbocycles. The van der Waals surface area contributed by atoms with Crippen molar-refractivity contribution in [2.24, 2.45) is 17.8 Å². The molecule has 0 spiro atoms. The number of fused-ring (bicyclic) bond motifs is 4. The summed E-state index contributed by atoms with van der Waals surface area (Å²) in [6.07, 6.45) is 6.96. The Bertz CT molecular complexity index is 675. The summed E-state index contributed by atoms with van der Waals surface area (Å²) in [7, 11) is 1.48. The zero-order chi connectivity index (χ0) is 16.0. The Balaban J connectivity index is 1.86. The van der Waals surface area contributed by atoms with E-state index in [0.717, 1.165) is 25.7 Å². The molecule has 0 aromatic heterocycles. The predicted octanol–water partition coefficient (Wildman–Crippen LogP) is 3.43. The van der Waals surface area contributed by atoms with Crippen LogP contribution in [0.15, 0.2) is 42.2 Å². The average Bonchev–Trinajstić information content (AvgIpc) is 2.74. The van der Waals surface area contributed by atoms with E-state index in [1.165, 1.54) is 25.2 Å². The van der Waals surface area contributed by atoms with E-state index in [0.29, 0.717) is 5.92 Å². The van der Waals surface area contributed by atoms with Gasteiger partial charge in [0.1, 0.15) is 0 Å². The molecule has 1 aromatic carbocycles. The zero-order valence-electron chi connectivity index (χ0n) is 13.5. The maximum Gasteiger partial charge on any atom is 0.202 e. The largest absolute Gasteiger partial charge is 0.493 e. The van der Waals surface area contributed by atoms with Gasteiger partial charge in [-0.05, 0) is 24.3 Å². The highest BCUT2D eigenvalue weighted by Crippen LogP contribution is 2.64. The number of carbonyl (C=O) groups excluding carboxylic acids is 2. The number of ether oxygens (including phenoxy) is 1. The van der Waals surface area contributed by atoms with Crippen molar-refractivity contribution in [1.82, 2.24) is 0 Å². The number of rotatable bonds is 2. The number of methoxy groups -OCH3 is 1. The number of hydrogen-bond donors (Lipinski definition) is 0. The molecule has 0 radical (unpaired) electrons. The Kier molecular flexibility index (Phi) is 3.40. The van der Waals surface area contributed by atoms with Crippen LogP contribution in [0.3, 0.4) is 0 Å². The molecule has 3 aliphatic rings. The van der Waals surface area contributed by atoms with Crippen LogP contribution in [-0.4, -0.2) is 18.7 Å². The molecule has 23 heavy (non-hydrogen) atoms. The third kappa shape index (κ3) is 1.89. The van der Waals surface area contributed by atoms with Gasteiger partial charge < -0.3 is 4.74 Å². The lowest BCUT2D eigenvalue weighted by Gasteiger charge is -2.61. The molecule has 4 rings (SSSR count). The van der Waals surface area contributed by atoms with E-state index in [4.69, 9.17) is 4.74 Å². The number of Topliss-reactive ketones (excluding diaryl/α,β-unsaturated/α-hetero) is 1. The van der Waals surface area contributed by atoms with Gasteiger partial charge in [0, 0.05) is 23.3 Å². The number of benzene rings is 1. The van der Waals surface area contributed by atoms with E-state index in [1.807, 2.05) is 18.2 Å². The van der Waals surface area contributed by atoms with Crippen molar-refractivity contribution in [3.8, 4) is 0 Å². The van der Waals surface area contributed by atoms with Gasteiger partial charge in [0.2, 0.25) is 5.78 Å². The highest BCUT2D eigenvalue weighted by molar-refractivity contribution is 6.12.